The molecule has 0 spiro atoms. The van der Waals surface area contributed by atoms with Crippen LogP contribution in [0.2, 0.25) is 0 Å². The maximum atomic E-state index is 14.5. The highest BCUT2D eigenvalue weighted by molar-refractivity contribution is 7.84. The number of nitrogens with zero attached hydrogens (tertiary/aromatic N) is 1. The normalized spacial score (nSPS) is 22.7. The van der Waals surface area contributed by atoms with E-state index in [0.717, 1.165) is 11.1 Å². The van der Waals surface area contributed by atoms with Crippen LogP contribution in [-0.4, -0.2) is 134 Å². The zero-order valence-electron chi connectivity index (χ0n) is 35.2. The zero-order valence-corrected chi connectivity index (χ0v) is 36.0. The quantitative estimate of drug-likeness (QED) is 0.119. The summed E-state index contributed by atoms with van der Waals surface area (Å²) in [5.41, 5.74) is 1.58. The number of hydrogen-bond acceptors (Lipinski definition) is 10. The number of carbonyl (C=O) groups is 7. The second-order valence-corrected chi connectivity index (χ2v) is 16.8. The third-order valence-electron chi connectivity index (χ3n) is 10.7. The van der Waals surface area contributed by atoms with Gasteiger partial charge in [0.1, 0.15) is 42.0 Å². The fraction of sp³-hybridized carbons (Fsp3) is 0.548. The fourth-order valence-electron chi connectivity index (χ4n) is 6.74. The first-order valence-electron chi connectivity index (χ1n) is 20.5. The standard InChI is InChI=1S/C42H61N7O11S/c1-5-26(2)35(41(57)58)48-42(59)47-30-13-9-10-23-43-36(52)33(25-50)46-39(55)34(21-17-28-14-18-29(51)19-15-28)49(3)40(56)32(20-16-27-11-7-6-8-12-27)45-38(54)31(44-37(30)53)22-24-61(4)60/h6-8,11-12,14-15,18-19,26,30-35,50-51H,5,9-10,13,16-17,20-25H2,1-4H3,(H,43,52)(H,44,53)(H,45,54)(H,46,55)(H,57,58)(H2,47,48,59). The highest BCUT2D eigenvalue weighted by Gasteiger charge is 2.36. The number of urea groups is 1. The lowest BCUT2D eigenvalue weighted by Crippen LogP contribution is -2.60. The summed E-state index contributed by atoms with van der Waals surface area (Å²) >= 11 is 0. The smallest absolute Gasteiger partial charge is 0.326 e. The van der Waals surface area contributed by atoms with E-state index in [0.29, 0.717) is 12.8 Å². The van der Waals surface area contributed by atoms with Crippen molar-refractivity contribution in [1.82, 2.24) is 36.8 Å². The lowest BCUT2D eigenvalue weighted by Gasteiger charge is -2.32. The minimum atomic E-state index is -1.40. The minimum Gasteiger partial charge on any atom is -0.508 e. The van der Waals surface area contributed by atoms with Crippen LogP contribution in [0.15, 0.2) is 54.6 Å². The number of rotatable bonds is 15. The average Bonchev–Trinajstić information content (AvgIpc) is 3.23. The molecule has 7 amide bonds. The van der Waals surface area contributed by atoms with Crippen LogP contribution in [0.4, 0.5) is 4.79 Å². The largest absolute Gasteiger partial charge is 0.508 e. The molecule has 0 bridgehead atoms. The number of aliphatic hydroxyl groups excluding tert-OH is 1. The van der Waals surface area contributed by atoms with Crippen LogP contribution < -0.4 is 31.9 Å². The number of phenols is 1. The lowest BCUT2D eigenvalue weighted by atomic mass is 9.99. The number of aliphatic hydroxyl groups is 1. The third-order valence-corrected chi connectivity index (χ3v) is 11.5. The summed E-state index contributed by atoms with van der Waals surface area (Å²) in [6, 6.07) is 6.73. The van der Waals surface area contributed by atoms with Crippen molar-refractivity contribution in [1.29, 1.82) is 0 Å². The van der Waals surface area contributed by atoms with Crippen molar-refractivity contribution in [3.8, 4) is 5.75 Å². The first-order chi connectivity index (χ1) is 29.0. The number of phenolic OH excluding ortho intramolecular Hbond substituents is 1. The predicted molar refractivity (Wildman–Crippen MR) is 227 cm³/mol. The Morgan fingerprint density at radius 2 is 1.46 bits per heavy atom. The molecule has 8 unspecified atom stereocenters. The molecule has 0 aromatic heterocycles. The predicted octanol–water partition coefficient (Wildman–Crippen LogP) is 0.467. The Kier molecular flexibility index (Phi) is 20.6. The first kappa shape index (κ1) is 49.8. The van der Waals surface area contributed by atoms with E-state index in [1.807, 2.05) is 30.3 Å². The molecule has 1 aliphatic heterocycles. The van der Waals surface area contributed by atoms with E-state index in [4.69, 9.17) is 0 Å². The molecule has 1 heterocycles. The Labute approximate surface area is 358 Å². The van der Waals surface area contributed by atoms with Gasteiger partial charge in [-0.3, -0.25) is 28.2 Å². The summed E-state index contributed by atoms with van der Waals surface area (Å²) in [6.07, 6.45) is 2.91. The summed E-state index contributed by atoms with van der Waals surface area (Å²) in [6.45, 7) is 2.69. The van der Waals surface area contributed by atoms with Crippen LogP contribution in [0, 0.1) is 5.92 Å². The summed E-state index contributed by atoms with van der Waals surface area (Å²) in [7, 11) is -0.0166. The average molecular weight is 872 g/mol. The molecule has 2 aromatic carbocycles. The van der Waals surface area contributed by atoms with E-state index < -0.39 is 101 Å². The van der Waals surface area contributed by atoms with E-state index in [1.165, 1.54) is 30.3 Å². The Hall–Kier alpha value is -5.56. The molecule has 1 saturated heterocycles. The number of aryl methyl sites for hydroxylation is 2. The van der Waals surface area contributed by atoms with Gasteiger partial charge < -0.3 is 52.1 Å². The Morgan fingerprint density at radius 3 is 2.08 bits per heavy atom. The second kappa shape index (κ2) is 25.3. The summed E-state index contributed by atoms with van der Waals surface area (Å²) in [5, 5.41) is 45.3. The topological polar surface area (TPSA) is 273 Å². The van der Waals surface area contributed by atoms with Gasteiger partial charge in [-0.25, -0.2) is 9.59 Å². The van der Waals surface area contributed by atoms with Crippen LogP contribution in [0.1, 0.15) is 69.9 Å². The molecule has 0 aliphatic carbocycles. The summed E-state index contributed by atoms with van der Waals surface area (Å²) in [4.78, 5) is 96.2. The van der Waals surface area contributed by atoms with Crippen LogP contribution >= 0.6 is 0 Å². The highest BCUT2D eigenvalue weighted by Crippen LogP contribution is 2.17. The van der Waals surface area contributed by atoms with E-state index in [2.05, 4.69) is 31.9 Å². The highest BCUT2D eigenvalue weighted by atomic mass is 32.2. The number of hydrogen-bond donors (Lipinski definition) is 9. The second-order valence-electron chi connectivity index (χ2n) is 15.3. The molecule has 1 fully saturated rings. The lowest BCUT2D eigenvalue weighted by molar-refractivity contribution is -0.143. The van der Waals surface area contributed by atoms with E-state index >= 15 is 0 Å². The molecule has 1 aliphatic rings. The van der Waals surface area contributed by atoms with Crippen LogP contribution in [-0.2, 0) is 52.4 Å². The van der Waals surface area contributed by atoms with Crippen molar-refractivity contribution in [3.05, 3.63) is 65.7 Å². The molecule has 336 valence electrons. The minimum absolute atomic E-state index is 0.0140. The monoisotopic (exact) mass is 871 g/mol. The number of carbonyl (C=O) groups excluding carboxylic acids is 6. The molecular weight excluding hydrogens is 811 g/mol. The van der Waals surface area contributed by atoms with Crippen LogP contribution in [0.3, 0.4) is 0 Å². The molecule has 2 aromatic rings. The molecule has 18 nitrogen and oxygen atoms in total. The van der Waals surface area contributed by atoms with Gasteiger partial charge in [0.05, 0.1) is 6.61 Å². The van der Waals surface area contributed by atoms with Crippen LogP contribution in [0.5, 0.6) is 5.75 Å². The number of nitrogens with one attached hydrogen (secondary N) is 6. The molecule has 0 radical (unpaired) electrons. The maximum absolute atomic E-state index is 14.5. The van der Waals surface area contributed by atoms with Gasteiger partial charge in [-0.2, -0.15) is 0 Å². The Bertz CT molecular complexity index is 1820. The Morgan fingerprint density at radius 1 is 0.836 bits per heavy atom. The number of amides is 7. The Balaban J connectivity index is 2.04. The first-order valence-corrected chi connectivity index (χ1v) is 22.2. The van der Waals surface area contributed by atoms with Crippen molar-refractivity contribution < 1.29 is 53.1 Å². The zero-order chi connectivity index (χ0) is 45.1. The van der Waals surface area contributed by atoms with Gasteiger partial charge >= 0.3 is 12.0 Å². The van der Waals surface area contributed by atoms with Crippen molar-refractivity contribution in [3.63, 3.8) is 0 Å². The number of carboxylic acid groups (broad SMARTS) is 1. The molecular formula is C42H61N7O11S. The van der Waals surface area contributed by atoms with Gasteiger partial charge in [0.15, 0.2) is 0 Å². The van der Waals surface area contributed by atoms with Crippen molar-refractivity contribution >= 4 is 52.3 Å². The molecule has 61 heavy (non-hydrogen) atoms. The fourth-order valence-corrected chi connectivity index (χ4v) is 7.31. The van der Waals surface area contributed by atoms with Crippen LogP contribution in [0.25, 0.3) is 0 Å². The van der Waals surface area contributed by atoms with Gasteiger partial charge in [0.25, 0.3) is 0 Å². The molecule has 9 N–H and O–H groups in total. The SMILES string of the molecule is CCC(C)C(NC(=O)NC1CCCCNC(=O)C(CO)NC(=O)C(CCc2ccc(O)cc2)N(C)C(=O)C(CCc2ccccc2)NC(=O)C(CCS(C)=O)NC1=O)C(=O)O. The van der Waals surface area contributed by atoms with Gasteiger partial charge in [-0.1, -0.05) is 62.7 Å². The summed E-state index contributed by atoms with van der Waals surface area (Å²) in [5.74, 6) is -5.40. The molecule has 8 atom stereocenters. The molecule has 3 rings (SSSR count). The van der Waals surface area contributed by atoms with Crippen molar-refractivity contribution in [2.24, 2.45) is 5.92 Å². The van der Waals surface area contributed by atoms with Gasteiger partial charge in [0, 0.05) is 36.4 Å². The summed E-state index contributed by atoms with van der Waals surface area (Å²) < 4.78 is 12.3. The number of benzene rings is 2. The van der Waals surface area contributed by atoms with Crippen molar-refractivity contribution in [2.45, 2.75) is 108 Å². The van der Waals surface area contributed by atoms with Gasteiger partial charge in [0.2, 0.25) is 29.5 Å². The van der Waals surface area contributed by atoms with E-state index in [9.17, 15) is 53.1 Å². The van der Waals surface area contributed by atoms with Crippen molar-refractivity contribution in [2.75, 3.05) is 32.2 Å². The number of likely N-dealkylation sites (N-methyl/N-ethyl adjacent to an activating group) is 1. The van der Waals surface area contributed by atoms with E-state index in [-0.39, 0.29) is 63.0 Å². The third kappa shape index (κ3) is 16.4. The van der Waals surface area contributed by atoms with E-state index in [1.54, 1.807) is 26.0 Å². The number of aliphatic carboxylic acids is 1. The molecule has 0 saturated carbocycles. The maximum Gasteiger partial charge on any atom is 0.326 e. The van der Waals surface area contributed by atoms with Gasteiger partial charge in [-0.15, -0.1) is 0 Å². The number of carboxylic acids is 1. The number of aromatic hydroxyl groups is 1. The van der Waals surface area contributed by atoms with Gasteiger partial charge in [-0.05, 0) is 80.5 Å². The molecule has 19 heteroatoms.